The number of nitrogens with zero attached hydrogens (tertiary/aromatic N) is 1. The summed E-state index contributed by atoms with van der Waals surface area (Å²) in [4.78, 5) is 4.51. The molecule has 2 atom stereocenters. The van der Waals surface area contributed by atoms with E-state index in [4.69, 9.17) is 4.74 Å². The number of nitrogens with one attached hydrogen (secondary N) is 1. The van der Waals surface area contributed by atoms with Crippen LogP contribution in [0.2, 0.25) is 0 Å². The molecule has 1 rings (SSSR count). The highest BCUT2D eigenvalue weighted by Crippen LogP contribution is 2.26. The highest BCUT2D eigenvalue weighted by molar-refractivity contribution is 9.10. The van der Waals surface area contributed by atoms with E-state index in [0.717, 1.165) is 36.2 Å². The Morgan fingerprint density at radius 1 is 1.29 bits per heavy atom. The second kappa shape index (κ2) is 8.86. The molecule has 0 saturated carbocycles. The molecule has 4 heteroatoms. The Morgan fingerprint density at radius 3 is 2.48 bits per heavy atom. The average Bonchev–Trinajstić information content (AvgIpc) is 2.42. The molecule has 1 heterocycles. The molecule has 0 aliphatic rings. The summed E-state index contributed by atoms with van der Waals surface area (Å²) < 4.78 is 7.08. The van der Waals surface area contributed by atoms with Gasteiger partial charge in [-0.05, 0) is 53.4 Å². The number of pyridine rings is 1. The minimum absolute atomic E-state index is 0.0940. The molecule has 0 aliphatic heterocycles. The maximum absolute atomic E-state index is 6.06. The van der Waals surface area contributed by atoms with Gasteiger partial charge in [-0.3, -0.25) is 4.98 Å². The van der Waals surface area contributed by atoms with E-state index in [1.807, 2.05) is 12.3 Å². The maximum atomic E-state index is 6.06. The predicted molar refractivity (Wildman–Crippen MR) is 92.6 cm³/mol. The van der Waals surface area contributed by atoms with Crippen molar-refractivity contribution in [1.82, 2.24) is 10.3 Å². The van der Waals surface area contributed by atoms with Gasteiger partial charge in [-0.2, -0.15) is 0 Å². The van der Waals surface area contributed by atoms with Crippen molar-refractivity contribution < 1.29 is 4.74 Å². The normalized spacial score (nSPS) is 15.0. The summed E-state index contributed by atoms with van der Waals surface area (Å²) in [6.45, 7) is 12.7. The lowest BCUT2D eigenvalue weighted by atomic mass is 9.82. The first-order valence-corrected chi connectivity index (χ1v) is 8.63. The molecule has 1 aromatic heterocycles. The number of hydrogen-bond donors (Lipinski definition) is 1. The van der Waals surface area contributed by atoms with Crippen molar-refractivity contribution in [2.24, 2.45) is 5.41 Å². The van der Waals surface area contributed by atoms with E-state index in [0.29, 0.717) is 0 Å². The van der Waals surface area contributed by atoms with Crippen LogP contribution in [0.15, 0.2) is 22.8 Å². The van der Waals surface area contributed by atoms with Gasteiger partial charge in [-0.25, -0.2) is 0 Å². The van der Waals surface area contributed by atoms with Crippen molar-refractivity contribution >= 4 is 15.9 Å². The second-order valence-electron chi connectivity index (χ2n) is 6.47. The molecular weight excluding hydrogens is 328 g/mol. The van der Waals surface area contributed by atoms with Gasteiger partial charge in [0.25, 0.3) is 0 Å². The summed E-state index contributed by atoms with van der Waals surface area (Å²) in [5.74, 6) is 0. The third-order valence-electron chi connectivity index (χ3n) is 3.44. The predicted octanol–water partition coefficient (Wildman–Crippen LogP) is 4.21. The average molecular weight is 357 g/mol. The molecule has 120 valence electrons. The van der Waals surface area contributed by atoms with Gasteiger partial charge in [0, 0.05) is 35.4 Å². The van der Waals surface area contributed by atoms with E-state index < -0.39 is 0 Å². The van der Waals surface area contributed by atoms with Crippen molar-refractivity contribution in [2.45, 2.75) is 59.6 Å². The monoisotopic (exact) mass is 356 g/mol. The highest BCUT2D eigenvalue weighted by atomic mass is 79.9. The summed E-state index contributed by atoms with van der Waals surface area (Å²) in [5, 5.41) is 3.65. The zero-order chi connectivity index (χ0) is 15.9. The molecular formula is C17H29BrN2O. The van der Waals surface area contributed by atoms with E-state index in [-0.39, 0.29) is 17.6 Å². The number of ether oxygens (including phenoxy) is 1. The zero-order valence-electron chi connectivity index (χ0n) is 13.9. The molecule has 1 N–H and O–H groups in total. The largest absolute Gasteiger partial charge is 0.376 e. The van der Waals surface area contributed by atoms with Crippen LogP contribution in [0, 0.1) is 5.41 Å². The lowest BCUT2D eigenvalue weighted by Gasteiger charge is -2.37. The molecule has 21 heavy (non-hydrogen) atoms. The molecule has 0 bridgehead atoms. The third kappa shape index (κ3) is 6.45. The Labute approximate surface area is 138 Å². The Kier molecular flexibility index (Phi) is 7.85. The molecule has 3 nitrogen and oxygen atoms in total. The fraction of sp³-hybridized carbons (Fsp3) is 0.706. The van der Waals surface area contributed by atoms with E-state index in [2.05, 4.69) is 66.9 Å². The second-order valence-corrected chi connectivity index (χ2v) is 7.39. The van der Waals surface area contributed by atoms with E-state index >= 15 is 0 Å². The van der Waals surface area contributed by atoms with E-state index in [1.54, 1.807) is 0 Å². The van der Waals surface area contributed by atoms with Gasteiger partial charge < -0.3 is 10.1 Å². The van der Waals surface area contributed by atoms with Gasteiger partial charge in [-0.1, -0.05) is 27.7 Å². The lowest BCUT2D eigenvalue weighted by Crippen LogP contribution is -2.49. The quantitative estimate of drug-likeness (QED) is 0.757. The molecule has 2 unspecified atom stereocenters. The standard InChI is InChI=1S/C17H29BrN2O/c1-6-10-19-15(16(21-7-2)17(3,4)5)11-14-9-8-13(18)12-20-14/h8-9,12,15-16,19H,6-7,10-11H2,1-5H3. The first-order valence-electron chi connectivity index (χ1n) is 7.83. The lowest BCUT2D eigenvalue weighted by molar-refractivity contribution is -0.0356. The molecule has 0 amide bonds. The Bertz CT molecular complexity index is 400. The van der Waals surface area contributed by atoms with Gasteiger partial charge >= 0.3 is 0 Å². The molecule has 0 fully saturated rings. The summed E-state index contributed by atoms with van der Waals surface area (Å²) in [6.07, 6.45) is 4.03. The van der Waals surface area contributed by atoms with Crippen molar-refractivity contribution in [3.05, 3.63) is 28.5 Å². The summed E-state index contributed by atoms with van der Waals surface area (Å²) in [7, 11) is 0. The number of hydrogen-bond acceptors (Lipinski definition) is 3. The minimum atomic E-state index is 0.0940. The number of aromatic nitrogens is 1. The first-order chi connectivity index (χ1) is 9.88. The van der Waals surface area contributed by atoms with E-state index in [9.17, 15) is 0 Å². The van der Waals surface area contributed by atoms with Crippen LogP contribution in [0.5, 0.6) is 0 Å². The van der Waals surface area contributed by atoms with Crippen LogP contribution in [-0.4, -0.2) is 30.3 Å². The fourth-order valence-electron chi connectivity index (χ4n) is 2.52. The van der Waals surface area contributed by atoms with Crippen molar-refractivity contribution in [3.8, 4) is 0 Å². The van der Waals surface area contributed by atoms with Gasteiger partial charge in [0.05, 0.1) is 6.10 Å². The smallest absolute Gasteiger partial charge is 0.0779 e. The third-order valence-corrected chi connectivity index (χ3v) is 3.91. The minimum Gasteiger partial charge on any atom is -0.376 e. The molecule has 0 aliphatic carbocycles. The van der Waals surface area contributed by atoms with Gasteiger partial charge in [-0.15, -0.1) is 0 Å². The number of halogens is 1. The maximum Gasteiger partial charge on any atom is 0.0779 e. The summed E-state index contributed by atoms with van der Waals surface area (Å²) in [6, 6.07) is 4.40. The van der Waals surface area contributed by atoms with Crippen molar-refractivity contribution in [3.63, 3.8) is 0 Å². The van der Waals surface area contributed by atoms with Crippen LogP contribution >= 0.6 is 15.9 Å². The van der Waals surface area contributed by atoms with Gasteiger partial charge in [0.1, 0.15) is 0 Å². The first kappa shape index (κ1) is 18.6. The Hall–Kier alpha value is -0.450. The molecule has 0 saturated heterocycles. The van der Waals surface area contributed by atoms with Crippen LogP contribution < -0.4 is 5.32 Å². The van der Waals surface area contributed by atoms with Crippen molar-refractivity contribution in [1.29, 1.82) is 0 Å². The van der Waals surface area contributed by atoms with Gasteiger partial charge in [0.15, 0.2) is 0 Å². The molecule has 0 spiro atoms. The highest BCUT2D eigenvalue weighted by Gasteiger charge is 2.32. The molecule has 0 aromatic carbocycles. The van der Waals surface area contributed by atoms with Crippen LogP contribution in [0.1, 0.15) is 46.7 Å². The molecule has 0 radical (unpaired) electrons. The van der Waals surface area contributed by atoms with Crippen LogP contribution in [0.4, 0.5) is 0 Å². The van der Waals surface area contributed by atoms with Crippen molar-refractivity contribution in [2.75, 3.05) is 13.2 Å². The van der Waals surface area contributed by atoms with E-state index in [1.165, 1.54) is 0 Å². The SMILES string of the molecule is CCCNC(Cc1ccc(Br)cn1)C(OCC)C(C)(C)C. The number of rotatable bonds is 8. The Morgan fingerprint density at radius 2 is 2.00 bits per heavy atom. The van der Waals surface area contributed by atoms with Crippen LogP contribution in [0.3, 0.4) is 0 Å². The van der Waals surface area contributed by atoms with Crippen LogP contribution in [0.25, 0.3) is 0 Å². The summed E-state index contributed by atoms with van der Waals surface area (Å²) >= 11 is 3.44. The van der Waals surface area contributed by atoms with Gasteiger partial charge in [0.2, 0.25) is 0 Å². The van der Waals surface area contributed by atoms with Crippen LogP contribution in [-0.2, 0) is 11.2 Å². The Balaban J connectivity index is 2.88. The fourth-order valence-corrected chi connectivity index (χ4v) is 2.75. The topological polar surface area (TPSA) is 34.2 Å². The summed E-state index contributed by atoms with van der Waals surface area (Å²) in [5.41, 5.74) is 1.19. The zero-order valence-corrected chi connectivity index (χ0v) is 15.5. The molecule has 1 aromatic rings.